The van der Waals surface area contributed by atoms with E-state index in [1.807, 2.05) is 30.3 Å². The molecule has 0 atom stereocenters. The van der Waals surface area contributed by atoms with Crippen LogP contribution in [-0.2, 0) is 4.79 Å². The Hall–Kier alpha value is -3.98. The maximum absolute atomic E-state index is 14.3. The first-order valence-electron chi connectivity index (χ1n) is 9.69. The minimum atomic E-state index is -0.546. The van der Waals surface area contributed by atoms with Crippen molar-refractivity contribution in [2.75, 3.05) is 6.61 Å². The summed E-state index contributed by atoms with van der Waals surface area (Å²) >= 11 is 1.19. The Morgan fingerprint density at radius 1 is 1.06 bits per heavy atom. The fourth-order valence-corrected chi connectivity index (χ4v) is 4.08. The lowest BCUT2D eigenvalue weighted by Crippen LogP contribution is -2.35. The lowest BCUT2D eigenvalue weighted by molar-refractivity contribution is -0.114. The van der Waals surface area contributed by atoms with Crippen LogP contribution >= 0.6 is 11.8 Å². The van der Waals surface area contributed by atoms with Gasteiger partial charge in [-0.2, -0.15) is 15.1 Å². The summed E-state index contributed by atoms with van der Waals surface area (Å²) in [6.07, 6.45) is 3.22. The number of hydrogen-bond donors (Lipinski definition) is 1. The zero-order valence-electron chi connectivity index (χ0n) is 16.6. The largest absolute Gasteiger partial charge is 0.487 e. The molecule has 5 rings (SSSR count). The fourth-order valence-electron chi connectivity index (χ4n) is 3.28. The molecular formula is C23H16FN5O2S. The van der Waals surface area contributed by atoms with E-state index in [0.29, 0.717) is 27.3 Å². The third-order valence-corrected chi connectivity index (χ3v) is 5.67. The van der Waals surface area contributed by atoms with Crippen LogP contribution in [0.15, 0.2) is 88.6 Å². The predicted octanol–water partition coefficient (Wildman–Crippen LogP) is 4.31. The first-order chi connectivity index (χ1) is 15.6. The van der Waals surface area contributed by atoms with E-state index in [1.165, 1.54) is 28.9 Å². The number of thioether (sulfide) groups is 1. The molecule has 1 aromatic heterocycles. The molecule has 1 amide bonds. The van der Waals surface area contributed by atoms with Crippen LogP contribution in [0.25, 0.3) is 11.8 Å². The fraction of sp³-hybridized carbons (Fsp3) is 0.0435. The second-order valence-electron chi connectivity index (χ2n) is 6.87. The van der Waals surface area contributed by atoms with Gasteiger partial charge in [0.25, 0.3) is 5.91 Å². The molecule has 0 bridgehead atoms. The molecule has 0 aliphatic carbocycles. The first kappa shape index (κ1) is 20.0. The number of carbonyl (C=O) groups excluding carboxylic acids is 1. The predicted molar refractivity (Wildman–Crippen MR) is 123 cm³/mol. The maximum atomic E-state index is 14.3. The van der Waals surface area contributed by atoms with Gasteiger partial charge in [0.1, 0.15) is 23.2 Å². The second kappa shape index (κ2) is 8.27. The van der Waals surface area contributed by atoms with E-state index in [0.717, 1.165) is 0 Å². The normalized spacial score (nSPS) is 16.8. The lowest BCUT2D eigenvalue weighted by Gasteiger charge is -2.20. The number of ether oxygens (including phenoxy) is 1. The lowest BCUT2D eigenvalue weighted by atomic mass is 10.1. The molecular weight excluding hydrogens is 429 g/mol. The van der Waals surface area contributed by atoms with Gasteiger partial charge in [0.05, 0.1) is 11.3 Å². The van der Waals surface area contributed by atoms with Crippen LogP contribution in [0.3, 0.4) is 0 Å². The first-order valence-corrected chi connectivity index (χ1v) is 10.5. The number of halogens is 1. The molecule has 0 spiro atoms. The van der Waals surface area contributed by atoms with Gasteiger partial charge in [-0.05, 0) is 54.2 Å². The van der Waals surface area contributed by atoms with Crippen LogP contribution in [0.1, 0.15) is 5.69 Å². The Bertz CT molecular complexity index is 1310. The van der Waals surface area contributed by atoms with Crippen molar-refractivity contribution in [3.8, 4) is 11.4 Å². The van der Waals surface area contributed by atoms with E-state index >= 15 is 0 Å². The standard InChI is InChI=1S/C23H16FN5O2S/c24-18-10-4-5-11-19(18)28-12-6-7-15(28)13-17-21(25)29-23(26-22(17)30)32-20(27-29)14-31-16-8-2-1-3-9-16/h1-13,25H,14H2/b17-13+,25-21?. The van der Waals surface area contributed by atoms with E-state index in [9.17, 15) is 9.18 Å². The van der Waals surface area contributed by atoms with Crippen molar-refractivity contribution in [1.29, 1.82) is 5.41 Å². The minimum Gasteiger partial charge on any atom is -0.487 e. The summed E-state index contributed by atoms with van der Waals surface area (Å²) in [5.41, 5.74) is 0.961. The molecule has 2 aromatic carbocycles. The molecule has 2 aliphatic heterocycles. The Balaban J connectivity index is 1.40. The topological polar surface area (TPSA) is 83.0 Å². The van der Waals surface area contributed by atoms with E-state index in [-0.39, 0.29) is 18.0 Å². The molecule has 32 heavy (non-hydrogen) atoms. The second-order valence-corrected chi connectivity index (χ2v) is 7.91. The summed E-state index contributed by atoms with van der Waals surface area (Å²) in [6, 6.07) is 19.1. The monoisotopic (exact) mass is 445 g/mol. The van der Waals surface area contributed by atoms with Gasteiger partial charge in [-0.1, -0.05) is 30.3 Å². The van der Waals surface area contributed by atoms with E-state index in [1.54, 1.807) is 41.1 Å². The molecule has 3 aromatic rings. The highest BCUT2D eigenvalue weighted by Crippen LogP contribution is 2.29. The van der Waals surface area contributed by atoms with Crippen LogP contribution in [0.2, 0.25) is 0 Å². The Morgan fingerprint density at radius 2 is 1.84 bits per heavy atom. The van der Waals surface area contributed by atoms with Crippen LogP contribution in [-0.4, -0.2) is 38.1 Å². The van der Waals surface area contributed by atoms with E-state index in [4.69, 9.17) is 10.1 Å². The number of rotatable bonds is 5. The van der Waals surface area contributed by atoms with Gasteiger partial charge in [0.2, 0.25) is 5.17 Å². The minimum absolute atomic E-state index is 0.0691. The van der Waals surface area contributed by atoms with Crippen molar-refractivity contribution in [3.05, 3.63) is 90.0 Å². The molecule has 0 saturated carbocycles. The number of fused-ring (bicyclic) bond motifs is 1. The summed E-state index contributed by atoms with van der Waals surface area (Å²) in [5, 5.41) is 15.1. The van der Waals surface area contributed by atoms with Crippen LogP contribution in [0.4, 0.5) is 4.39 Å². The number of aromatic nitrogens is 1. The highest BCUT2D eigenvalue weighted by molar-refractivity contribution is 8.27. The average Bonchev–Trinajstić information content (AvgIpc) is 3.43. The van der Waals surface area contributed by atoms with Crippen LogP contribution < -0.4 is 4.74 Å². The maximum Gasteiger partial charge on any atom is 0.283 e. The van der Waals surface area contributed by atoms with Gasteiger partial charge in [-0.25, -0.2) is 4.39 Å². The van der Waals surface area contributed by atoms with Crippen LogP contribution in [0.5, 0.6) is 5.75 Å². The molecule has 7 nitrogen and oxygen atoms in total. The van der Waals surface area contributed by atoms with Gasteiger partial charge in [-0.3, -0.25) is 10.2 Å². The van der Waals surface area contributed by atoms with Gasteiger partial charge in [-0.15, -0.1) is 0 Å². The van der Waals surface area contributed by atoms with E-state index in [2.05, 4.69) is 10.1 Å². The zero-order valence-corrected chi connectivity index (χ0v) is 17.4. The molecule has 1 N–H and O–H groups in total. The molecule has 0 saturated heterocycles. The molecule has 9 heteroatoms. The summed E-state index contributed by atoms with van der Waals surface area (Å²) in [5.74, 6) is -0.334. The number of hydrazone groups is 1. The molecule has 0 radical (unpaired) electrons. The highest BCUT2D eigenvalue weighted by atomic mass is 32.2. The highest BCUT2D eigenvalue weighted by Gasteiger charge is 2.36. The van der Waals surface area contributed by atoms with Gasteiger partial charge in [0, 0.05) is 11.9 Å². The van der Waals surface area contributed by atoms with Crippen molar-refractivity contribution in [2.45, 2.75) is 0 Å². The number of aliphatic imine (C=N–C) groups is 1. The number of nitrogens with zero attached hydrogens (tertiary/aromatic N) is 4. The third-order valence-electron chi connectivity index (χ3n) is 4.79. The van der Waals surface area contributed by atoms with E-state index < -0.39 is 11.7 Å². The number of amides is 1. The zero-order chi connectivity index (χ0) is 22.1. The Labute approximate surface area is 187 Å². The average molecular weight is 445 g/mol. The Kier molecular flexibility index (Phi) is 5.16. The molecule has 0 fully saturated rings. The van der Waals surface area contributed by atoms with Gasteiger partial charge in [0.15, 0.2) is 5.84 Å². The van der Waals surface area contributed by atoms with Crippen molar-refractivity contribution >= 4 is 39.8 Å². The molecule has 158 valence electrons. The smallest absolute Gasteiger partial charge is 0.283 e. The third kappa shape index (κ3) is 3.74. The van der Waals surface area contributed by atoms with Crippen molar-refractivity contribution in [1.82, 2.24) is 9.58 Å². The summed E-state index contributed by atoms with van der Waals surface area (Å²) < 4.78 is 21.6. The summed E-state index contributed by atoms with van der Waals surface area (Å²) in [4.78, 5) is 16.8. The molecule has 0 unspecified atom stereocenters. The number of carbonyl (C=O) groups is 1. The van der Waals surface area contributed by atoms with Gasteiger partial charge < -0.3 is 9.30 Å². The quantitative estimate of drug-likeness (QED) is 0.593. The number of benzene rings is 2. The summed E-state index contributed by atoms with van der Waals surface area (Å²) in [6.45, 7) is 0.195. The van der Waals surface area contributed by atoms with Gasteiger partial charge >= 0.3 is 0 Å². The SMILES string of the molecule is N=C1/C(=C\c2cccn2-c2ccccc2F)C(=O)N=C2SC(COc3ccccc3)=NN12. The van der Waals surface area contributed by atoms with Crippen molar-refractivity contribution in [3.63, 3.8) is 0 Å². The number of nitrogens with one attached hydrogen (secondary N) is 1. The number of amidine groups is 2. The van der Waals surface area contributed by atoms with Crippen molar-refractivity contribution in [2.24, 2.45) is 10.1 Å². The summed E-state index contributed by atoms with van der Waals surface area (Å²) in [7, 11) is 0. The Morgan fingerprint density at radius 3 is 2.66 bits per heavy atom. The number of hydrogen-bond acceptors (Lipinski definition) is 5. The number of para-hydroxylation sites is 2. The molecule has 2 aliphatic rings. The van der Waals surface area contributed by atoms with Crippen LogP contribution in [0, 0.1) is 11.2 Å². The van der Waals surface area contributed by atoms with Crippen molar-refractivity contribution < 1.29 is 13.9 Å². The molecule has 3 heterocycles.